The van der Waals surface area contributed by atoms with Gasteiger partial charge in [0.15, 0.2) is 0 Å². The minimum Gasteiger partial charge on any atom is -0.378 e. The van der Waals surface area contributed by atoms with Crippen LogP contribution in [-0.2, 0) is 22.3 Å². The lowest BCUT2D eigenvalue weighted by molar-refractivity contribution is -0.137. The Hall–Kier alpha value is -4.20. The fourth-order valence-corrected chi connectivity index (χ4v) is 3.71. The van der Waals surface area contributed by atoms with E-state index in [0.717, 1.165) is 24.4 Å². The molecule has 3 aromatic rings. The molecule has 1 saturated heterocycles. The van der Waals surface area contributed by atoms with Crippen LogP contribution in [0.2, 0.25) is 0 Å². The summed E-state index contributed by atoms with van der Waals surface area (Å²) in [4.78, 5) is 37.4. The maximum atomic E-state index is 14.7. The second-order valence-electron chi connectivity index (χ2n) is 8.51. The molecule has 2 aromatic heterocycles. The average Bonchev–Trinajstić information content (AvgIpc) is 3.34. The molecule has 200 valence electrons. The third-order valence-electron chi connectivity index (χ3n) is 5.75. The number of benzene rings is 1. The van der Waals surface area contributed by atoms with Crippen molar-refractivity contribution in [2.45, 2.75) is 31.6 Å². The normalized spacial score (nSPS) is 17.2. The van der Waals surface area contributed by atoms with Crippen molar-refractivity contribution in [3.63, 3.8) is 0 Å². The molecule has 1 aromatic carbocycles. The molecule has 1 atom stereocenters. The molecule has 0 bridgehead atoms. The number of carbonyl (C=O) groups excluding carboxylic acids is 2. The third kappa shape index (κ3) is 6.02. The van der Waals surface area contributed by atoms with Crippen molar-refractivity contribution in [2.24, 2.45) is 0 Å². The van der Waals surface area contributed by atoms with Crippen molar-refractivity contribution in [1.82, 2.24) is 25.6 Å². The van der Waals surface area contributed by atoms with Gasteiger partial charge in [0, 0.05) is 31.5 Å². The summed E-state index contributed by atoms with van der Waals surface area (Å²) in [6, 6.07) is 2.93. The highest BCUT2D eigenvalue weighted by molar-refractivity contribution is 5.99. The summed E-state index contributed by atoms with van der Waals surface area (Å²) in [6.45, 7) is 1.37. The number of pyridine rings is 1. The zero-order valence-corrected chi connectivity index (χ0v) is 19.8. The van der Waals surface area contributed by atoms with E-state index in [9.17, 15) is 31.5 Å². The maximum absolute atomic E-state index is 14.7. The van der Waals surface area contributed by atoms with E-state index in [1.54, 1.807) is 6.92 Å². The van der Waals surface area contributed by atoms with Gasteiger partial charge in [0.1, 0.15) is 23.0 Å². The van der Waals surface area contributed by atoms with Gasteiger partial charge < -0.3 is 20.7 Å². The van der Waals surface area contributed by atoms with Crippen molar-refractivity contribution < 1.29 is 36.3 Å². The summed E-state index contributed by atoms with van der Waals surface area (Å²) < 4.78 is 73.0. The first-order valence-electron chi connectivity index (χ1n) is 11.2. The number of alkyl halides is 3. The number of nitrogens with one attached hydrogen (secondary N) is 3. The second kappa shape index (κ2) is 10.7. The van der Waals surface area contributed by atoms with Gasteiger partial charge in [-0.3, -0.25) is 14.6 Å². The first-order chi connectivity index (χ1) is 18.0. The SMILES string of the molecule is Cc1ncc(C(=O)N[C@@]2(C(=O)NCc3ncc(Nc4ccc(F)cc4C(F)(F)F)cc3F)CCOC2)cn1. The Morgan fingerprint density at radius 3 is 2.45 bits per heavy atom. The summed E-state index contributed by atoms with van der Waals surface area (Å²) in [5.41, 5.74) is -3.36. The zero-order chi connectivity index (χ0) is 27.5. The van der Waals surface area contributed by atoms with Crippen molar-refractivity contribution in [2.75, 3.05) is 18.5 Å². The van der Waals surface area contributed by atoms with Crippen LogP contribution in [0.4, 0.5) is 33.3 Å². The van der Waals surface area contributed by atoms with Gasteiger partial charge in [-0.15, -0.1) is 0 Å². The molecule has 3 heterocycles. The number of hydrogen-bond donors (Lipinski definition) is 3. The summed E-state index contributed by atoms with van der Waals surface area (Å²) >= 11 is 0. The van der Waals surface area contributed by atoms with E-state index >= 15 is 0 Å². The van der Waals surface area contributed by atoms with Gasteiger partial charge in [0.2, 0.25) is 5.91 Å². The number of hydrogen-bond acceptors (Lipinski definition) is 7. The number of halogens is 5. The molecule has 0 spiro atoms. The van der Waals surface area contributed by atoms with Crippen LogP contribution in [0, 0.1) is 18.6 Å². The largest absolute Gasteiger partial charge is 0.418 e. The van der Waals surface area contributed by atoms with Gasteiger partial charge in [-0.1, -0.05) is 0 Å². The van der Waals surface area contributed by atoms with Gasteiger partial charge in [0.25, 0.3) is 5.91 Å². The molecule has 1 aliphatic heterocycles. The molecular formula is C24H21F5N6O3. The summed E-state index contributed by atoms with van der Waals surface area (Å²) in [5.74, 6) is -2.76. The third-order valence-corrected chi connectivity index (χ3v) is 5.75. The van der Waals surface area contributed by atoms with E-state index in [2.05, 4.69) is 30.9 Å². The molecule has 0 saturated carbocycles. The molecule has 0 aliphatic carbocycles. The van der Waals surface area contributed by atoms with E-state index in [-0.39, 0.29) is 43.1 Å². The summed E-state index contributed by atoms with van der Waals surface area (Å²) in [7, 11) is 0. The van der Waals surface area contributed by atoms with Crippen LogP contribution in [-0.4, -0.2) is 45.5 Å². The highest BCUT2D eigenvalue weighted by Gasteiger charge is 2.44. The van der Waals surface area contributed by atoms with E-state index in [0.29, 0.717) is 11.9 Å². The summed E-state index contributed by atoms with van der Waals surface area (Å²) in [5, 5.41) is 7.53. The number of aromatic nitrogens is 3. The second-order valence-corrected chi connectivity index (χ2v) is 8.51. The molecule has 4 rings (SSSR count). The Kier molecular flexibility index (Phi) is 7.53. The van der Waals surface area contributed by atoms with Gasteiger partial charge in [0.05, 0.1) is 47.5 Å². The van der Waals surface area contributed by atoms with Crippen molar-refractivity contribution in [1.29, 1.82) is 0 Å². The van der Waals surface area contributed by atoms with Crippen LogP contribution >= 0.6 is 0 Å². The number of aryl methyl sites for hydroxylation is 1. The van der Waals surface area contributed by atoms with Crippen LogP contribution in [0.1, 0.15) is 33.9 Å². The smallest absolute Gasteiger partial charge is 0.378 e. The average molecular weight is 536 g/mol. The quantitative estimate of drug-likeness (QED) is 0.396. The number of carbonyl (C=O) groups is 2. The predicted octanol–water partition coefficient (Wildman–Crippen LogP) is 3.43. The molecule has 1 aliphatic rings. The highest BCUT2D eigenvalue weighted by atomic mass is 19.4. The first-order valence-corrected chi connectivity index (χ1v) is 11.2. The first kappa shape index (κ1) is 26.9. The monoisotopic (exact) mass is 536 g/mol. The predicted molar refractivity (Wildman–Crippen MR) is 123 cm³/mol. The van der Waals surface area contributed by atoms with Crippen LogP contribution in [0.25, 0.3) is 0 Å². The maximum Gasteiger partial charge on any atom is 0.418 e. The van der Waals surface area contributed by atoms with E-state index in [4.69, 9.17) is 4.74 Å². The summed E-state index contributed by atoms with van der Waals surface area (Å²) in [6.07, 6.45) is -0.978. The van der Waals surface area contributed by atoms with Gasteiger partial charge in [-0.2, -0.15) is 13.2 Å². The Balaban J connectivity index is 1.44. The lowest BCUT2D eigenvalue weighted by Gasteiger charge is -2.27. The lowest BCUT2D eigenvalue weighted by atomic mass is 9.96. The van der Waals surface area contributed by atoms with E-state index < -0.39 is 46.4 Å². The molecule has 38 heavy (non-hydrogen) atoms. The van der Waals surface area contributed by atoms with Crippen molar-refractivity contribution >= 4 is 23.2 Å². The molecule has 0 unspecified atom stereocenters. The molecule has 0 radical (unpaired) electrons. The van der Waals surface area contributed by atoms with E-state index in [1.165, 1.54) is 12.4 Å². The molecule has 9 nitrogen and oxygen atoms in total. The number of amides is 2. The topological polar surface area (TPSA) is 118 Å². The molecule has 1 fully saturated rings. The number of ether oxygens (including phenoxy) is 1. The van der Waals surface area contributed by atoms with Crippen LogP contribution < -0.4 is 16.0 Å². The van der Waals surface area contributed by atoms with Gasteiger partial charge in [-0.05, 0) is 25.1 Å². The Morgan fingerprint density at radius 2 is 1.82 bits per heavy atom. The zero-order valence-electron chi connectivity index (χ0n) is 19.8. The van der Waals surface area contributed by atoms with Gasteiger partial charge >= 0.3 is 6.18 Å². The highest BCUT2D eigenvalue weighted by Crippen LogP contribution is 2.36. The molecular weight excluding hydrogens is 515 g/mol. The minimum absolute atomic E-state index is 0.116. The van der Waals surface area contributed by atoms with Crippen LogP contribution in [0.5, 0.6) is 0 Å². The Labute approximate surface area is 212 Å². The molecule has 3 N–H and O–H groups in total. The fraction of sp³-hybridized carbons (Fsp3) is 0.292. The molecule has 14 heteroatoms. The number of rotatable bonds is 7. The van der Waals surface area contributed by atoms with Crippen LogP contribution in [0.15, 0.2) is 42.9 Å². The number of nitrogens with zero attached hydrogens (tertiary/aromatic N) is 3. The Morgan fingerprint density at radius 1 is 1.08 bits per heavy atom. The van der Waals surface area contributed by atoms with E-state index in [1.807, 2.05) is 0 Å². The number of anilines is 2. The standard InChI is InChI=1S/C24H21F5N6O3/c1-13-30-8-14(9-31-13)21(36)35-23(4-5-38-12-23)22(37)33-11-20-18(26)7-16(10-32-20)34-19-3-2-15(25)6-17(19)24(27,28)29/h2-3,6-10,34H,4-5,11-12H2,1H3,(H,33,37)(H,35,36)/t23-/m0/s1. The van der Waals surface area contributed by atoms with Gasteiger partial charge in [-0.25, -0.2) is 18.7 Å². The Bertz CT molecular complexity index is 1340. The van der Waals surface area contributed by atoms with Crippen molar-refractivity contribution in [3.05, 3.63) is 77.1 Å². The van der Waals surface area contributed by atoms with Crippen LogP contribution in [0.3, 0.4) is 0 Å². The minimum atomic E-state index is -4.84. The molecule has 2 amide bonds. The fourth-order valence-electron chi connectivity index (χ4n) is 3.71. The lowest BCUT2D eigenvalue weighted by Crippen LogP contribution is -2.59. The van der Waals surface area contributed by atoms with Crippen molar-refractivity contribution in [3.8, 4) is 0 Å².